The number of hydrogen-bond donors (Lipinski definition) is 1. The Morgan fingerprint density at radius 2 is 1.84 bits per heavy atom. The fourth-order valence-electron chi connectivity index (χ4n) is 4.70. The third-order valence-electron chi connectivity index (χ3n) is 6.59. The fourth-order valence-corrected chi connectivity index (χ4v) is 4.70. The van der Waals surface area contributed by atoms with Crippen molar-refractivity contribution in [2.45, 2.75) is 38.8 Å². The van der Waals surface area contributed by atoms with E-state index in [9.17, 15) is 4.79 Å². The molecule has 7 heteroatoms. The summed E-state index contributed by atoms with van der Waals surface area (Å²) in [5.41, 5.74) is 4.15. The van der Waals surface area contributed by atoms with Crippen molar-refractivity contribution in [2.24, 2.45) is 0 Å². The zero-order valence-corrected chi connectivity index (χ0v) is 18.3. The van der Waals surface area contributed by atoms with E-state index in [1.54, 1.807) is 7.11 Å². The highest BCUT2D eigenvalue weighted by atomic mass is 16.6. The Balaban J connectivity index is 1.23. The van der Waals surface area contributed by atoms with E-state index in [2.05, 4.69) is 35.9 Å². The van der Waals surface area contributed by atoms with Gasteiger partial charge < -0.3 is 19.2 Å². The van der Waals surface area contributed by atoms with Crippen LogP contribution in [0.2, 0.25) is 0 Å². The van der Waals surface area contributed by atoms with Gasteiger partial charge in [-0.15, -0.1) is 0 Å². The molecule has 1 unspecified atom stereocenters. The maximum absolute atomic E-state index is 12.6. The molecule has 3 heterocycles. The van der Waals surface area contributed by atoms with Crippen LogP contribution in [0.5, 0.6) is 17.2 Å². The number of likely N-dealkylation sites (tertiary alicyclic amines) is 1. The molecule has 2 aliphatic rings. The summed E-state index contributed by atoms with van der Waals surface area (Å²) < 4.78 is 19.4. The highest BCUT2D eigenvalue weighted by Gasteiger charge is 2.28. The van der Waals surface area contributed by atoms with Crippen molar-refractivity contribution in [3.8, 4) is 17.2 Å². The monoisotopic (exact) mass is 423 g/mol. The van der Waals surface area contributed by atoms with Crippen LogP contribution in [0.15, 0.2) is 35.1 Å². The smallest absolute Gasteiger partial charge is 0.326 e. The van der Waals surface area contributed by atoms with Gasteiger partial charge in [-0.25, -0.2) is 4.79 Å². The molecule has 0 spiro atoms. The Hall–Kier alpha value is -2.93. The van der Waals surface area contributed by atoms with Gasteiger partial charge in [-0.3, -0.25) is 9.47 Å². The first-order valence-corrected chi connectivity index (χ1v) is 10.9. The number of aromatic nitrogens is 2. The molecule has 164 valence electrons. The van der Waals surface area contributed by atoms with E-state index < -0.39 is 0 Å². The third-order valence-corrected chi connectivity index (χ3v) is 6.59. The maximum Gasteiger partial charge on any atom is 0.326 e. The van der Waals surface area contributed by atoms with Gasteiger partial charge >= 0.3 is 5.69 Å². The number of fused-ring (bicyclic) bond motifs is 2. The molecule has 0 amide bonds. The van der Waals surface area contributed by atoms with Crippen molar-refractivity contribution in [1.82, 2.24) is 14.5 Å². The molecule has 2 aromatic carbocycles. The summed E-state index contributed by atoms with van der Waals surface area (Å²) in [5.74, 6) is 2.43. The first kappa shape index (κ1) is 20.0. The zero-order chi connectivity index (χ0) is 21.5. The van der Waals surface area contributed by atoms with Crippen LogP contribution in [-0.4, -0.2) is 53.9 Å². The summed E-state index contributed by atoms with van der Waals surface area (Å²) >= 11 is 0. The van der Waals surface area contributed by atoms with Crippen molar-refractivity contribution in [1.29, 1.82) is 0 Å². The zero-order valence-electron chi connectivity index (χ0n) is 18.3. The van der Waals surface area contributed by atoms with E-state index >= 15 is 0 Å². The van der Waals surface area contributed by atoms with Crippen LogP contribution < -0.4 is 19.9 Å². The van der Waals surface area contributed by atoms with E-state index in [4.69, 9.17) is 14.2 Å². The van der Waals surface area contributed by atoms with Crippen molar-refractivity contribution in [3.05, 3.63) is 51.9 Å². The lowest BCUT2D eigenvalue weighted by Gasteiger charge is -2.36. The molecule has 3 aromatic rings. The first-order valence-electron chi connectivity index (χ1n) is 10.9. The molecule has 1 saturated heterocycles. The molecular weight excluding hydrogens is 394 g/mol. The van der Waals surface area contributed by atoms with Gasteiger partial charge in [0, 0.05) is 31.7 Å². The van der Waals surface area contributed by atoms with Gasteiger partial charge in [0.25, 0.3) is 0 Å². The van der Waals surface area contributed by atoms with E-state index in [1.165, 1.54) is 11.1 Å². The Labute approximate surface area is 181 Å². The molecule has 1 aromatic heterocycles. The Morgan fingerprint density at radius 1 is 1.10 bits per heavy atom. The number of aryl methyl sites for hydroxylation is 2. The van der Waals surface area contributed by atoms with Crippen LogP contribution >= 0.6 is 0 Å². The van der Waals surface area contributed by atoms with Gasteiger partial charge in [0.2, 0.25) is 0 Å². The fraction of sp³-hybridized carbons (Fsp3) is 0.458. The van der Waals surface area contributed by atoms with Gasteiger partial charge in [0.15, 0.2) is 11.5 Å². The molecule has 1 fully saturated rings. The molecule has 0 radical (unpaired) electrons. The summed E-state index contributed by atoms with van der Waals surface area (Å²) in [5, 5.41) is 0. The lowest BCUT2D eigenvalue weighted by atomic mass is 10.0. The van der Waals surface area contributed by atoms with Crippen LogP contribution in [0.3, 0.4) is 0 Å². The number of aromatic amines is 1. The number of nitrogens with zero attached hydrogens (tertiary/aromatic N) is 2. The highest BCUT2D eigenvalue weighted by molar-refractivity contribution is 5.77. The predicted molar refractivity (Wildman–Crippen MR) is 120 cm³/mol. The topological polar surface area (TPSA) is 68.7 Å². The van der Waals surface area contributed by atoms with Crippen LogP contribution in [0.25, 0.3) is 11.0 Å². The number of benzene rings is 2. The number of piperidine rings is 1. The molecular formula is C24H29N3O4. The SMILES string of the molecule is COc1ccc2c(c1)[nH]c(=O)n2C1CCN(CC2COc3cc(C)c(C)cc3O2)CC1. The minimum absolute atomic E-state index is 0.0226. The number of ether oxygens (including phenoxy) is 3. The number of hydrogen-bond acceptors (Lipinski definition) is 5. The number of imidazole rings is 1. The molecule has 31 heavy (non-hydrogen) atoms. The number of methoxy groups -OCH3 is 1. The van der Waals surface area contributed by atoms with Crippen molar-refractivity contribution < 1.29 is 14.2 Å². The normalized spacial score (nSPS) is 19.6. The second kappa shape index (κ2) is 7.96. The summed E-state index contributed by atoms with van der Waals surface area (Å²) in [4.78, 5) is 18.0. The second-order valence-corrected chi connectivity index (χ2v) is 8.65. The number of H-pyrrole nitrogens is 1. The van der Waals surface area contributed by atoms with E-state index in [0.29, 0.717) is 6.61 Å². The van der Waals surface area contributed by atoms with Gasteiger partial charge in [-0.05, 0) is 62.1 Å². The van der Waals surface area contributed by atoms with Crippen LogP contribution in [0.1, 0.15) is 30.0 Å². The number of nitrogens with one attached hydrogen (secondary N) is 1. The molecule has 5 rings (SSSR count). The summed E-state index contributed by atoms with van der Waals surface area (Å²) in [6, 6.07) is 10.1. The number of rotatable bonds is 4. The summed E-state index contributed by atoms with van der Waals surface area (Å²) in [7, 11) is 1.63. The van der Waals surface area contributed by atoms with Gasteiger partial charge in [-0.1, -0.05) is 0 Å². The van der Waals surface area contributed by atoms with Crippen molar-refractivity contribution >= 4 is 11.0 Å². The Bertz CT molecular complexity index is 1160. The predicted octanol–water partition coefficient (Wildman–Crippen LogP) is 3.43. The van der Waals surface area contributed by atoms with E-state index in [0.717, 1.165) is 60.8 Å². The summed E-state index contributed by atoms with van der Waals surface area (Å²) in [6.45, 7) is 7.44. The standard InChI is InChI=1S/C24H29N3O4/c1-15-10-22-23(11-16(15)2)31-19(14-30-22)13-26-8-6-17(7-9-26)27-21-5-4-18(29-3)12-20(21)25-24(27)28/h4-5,10-12,17,19H,6-9,13-14H2,1-3H3,(H,25,28). The van der Waals surface area contributed by atoms with Crippen LogP contribution in [0.4, 0.5) is 0 Å². The van der Waals surface area contributed by atoms with Crippen molar-refractivity contribution in [2.75, 3.05) is 33.4 Å². The van der Waals surface area contributed by atoms with Gasteiger partial charge in [-0.2, -0.15) is 0 Å². The molecule has 0 bridgehead atoms. The molecule has 0 saturated carbocycles. The Morgan fingerprint density at radius 3 is 2.58 bits per heavy atom. The largest absolute Gasteiger partial charge is 0.497 e. The first-order chi connectivity index (χ1) is 15.0. The highest BCUT2D eigenvalue weighted by Crippen LogP contribution is 2.35. The van der Waals surface area contributed by atoms with Crippen molar-refractivity contribution in [3.63, 3.8) is 0 Å². The minimum atomic E-state index is -0.0482. The van der Waals surface area contributed by atoms with Crippen LogP contribution in [0, 0.1) is 13.8 Å². The average molecular weight is 424 g/mol. The maximum atomic E-state index is 12.6. The molecule has 1 atom stereocenters. The lowest BCUT2D eigenvalue weighted by Crippen LogP contribution is -2.45. The molecule has 7 nitrogen and oxygen atoms in total. The average Bonchev–Trinajstić information content (AvgIpc) is 3.10. The quantitative estimate of drug-likeness (QED) is 0.696. The minimum Gasteiger partial charge on any atom is -0.497 e. The third kappa shape index (κ3) is 3.78. The van der Waals surface area contributed by atoms with Gasteiger partial charge in [0.1, 0.15) is 18.5 Å². The second-order valence-electron chi connectivity index (χ2n) is 8.65. The molecule has 0 aliphatic carbocycles. The van der Waals surface area contributed by atoms with E-state index in [1.807, 2.05) is 22.8 Å². The molecule has 1 N–H and O–H groups in total. The lowest BCUT2D eigenvalue weighted by molar-refractivity contribution is 0.0484. The Kier molecular flexibility index (Phi) is 5.14. The summed E-state index contributed by atoms with van der Waals surface area (Å²) in [6.07, 6.45) is 1.89. The van der Waals surface area contributed by atoms with Gasteiger partial charge in [0.05, 0.1) is 18.1 Å². The van der Waals surface area contributed by atoms with E-state index in [-0.39, 0.29) is 17.8 Å². The molecule has 2 aliphatic heterocycles. The van der Waals surface area contributed by atoms with Crippen LogP contribution in [-0.2, 0) is 0 Å².